The maximum absolute atomic E-state index is 5.45. The van der Waals surface area contributed by atoms with Gasteiger partial charge in [-0.1, -0.05) is 109 Å². The highest BCUT2D eigenvalue weighted by molar-refractivity contribution is 6.03. The molecule has 0 fully saturated rings. The molecule has 7 heterocycles. The molecule has 0 unspecified atom stereocenters. The predicted octanol–water partition coefficient (Wildman–Crippen LogP) is 11.9. The van der Waals surface area contributed by atoms with Crippen LogP contribution in [0.3, 0.4) is 0 Å². The Morgan fingerprint density at radius 2 is 1.20 bits per heavy atom. The lowest BCUT2D eigenvalue weighted by molar-refractivity contribution is 0.276. The van der Waals surface area contributed by atoms with Crippen molar-refractivity contribution in [2.45, 2.75) is 78.6 Å². The first-order valence-corrected chi connectivity index (χ1v) is 21.2. The van der Waals surface area contributed by atoms with E-state index in [1.54, 1.807) is 0 Å². The van der Waals surface area contributed by atoms with Gasteiger partial charge in [0.15, 0.2) is 0 Å². The van der Waals surface area contributed by atoms with Gasteiger partial charge in [0.2, 0.25) is 11.6 Å². The highest BCUT2D eigenvalue weighted by Crippen LogP contribution is 2.53. The smallest absolute Gasteiger partial charge is 0.221 e. The fourth-order valence-electron chi connectivity index (χ4n) is 10.2. The van der Waals surface area contributed by atoms with E-state index in [9.17, 15) is 0 Å². The van der Waals surface area contributed by atoms with Crippen molar-refractivity contribution in [3.8, 4) is 28.3 Å². The van der Waals surface area contributed by atoms with E-state index < -0.39 is 0 Å². The number of aryl methyl sites for hydroxylation is 2. The van der Waals surface area contributed by atoms with Crippen molar-refractivity contribution in [2.75, 3.05) is 0 Å². The minimum absolute atomic E-state index is 0.0629. The molecule has 0 aliphatic carbocycles. The fourth-order valence-corrected chi connectivity index (χ4v) is 10.2. The predicted molar refractivity (Wildman–Crippen MR) is 247 cm³/mol. The molecule has 61 heavy (non-hydrogen) atoms. The van der Waals surface area contributed by atoms with Gasteiger partial charge in [-0.2, -0.15) is 5.10 Å². The Bertz CT molecular complexity index is 3650. The average molecular weight is 798 g/mol. The molecule has 0 saturated heterocycles. The summed E-state index contributed by atoms with van der Waals surface area (Å²) in [7, 11) is 0. The Morgan fingerprint density at radius 1 is 0.574 bits per heavy atom. The zero-order valence-corrected chi connectivity index (χ0v) is 36.1. The summed E-state index contributed by atoms with van der Waals surface area (Å²) in [6.07, 6.45) is 3.98. The minimum atomic E-state index is -0.218. The van der Waals surface area contributed by atoms with Gasteiger partial charge < -0.3 is 0 Å². The van der Waals surface area contributed by atoms with E-state index in [1.165, 1.54) is 27.9 Å². The summed E-state index contributed by atoms with van der Waals surface area (Å²) in [6, 6.07) is 39.5. The molecule has 0 amide bonds. The molecule has 0 saturated carbocycles. The zero-order chi connectivity index (χ0) is 41.9. The van der Waals surface area contributed by atoms with E-state index in [0.717, 1.165) is 84.0 Å². The van der Waals surface area contributed by atoms with E-state index in [0.29, 0.717) is 0 Å². The number of aromatic nitrogens is 9. The van der Waals surface area contributed by atoms with Crippen molar-refractivity contribution in [1.82, 2.24) is 42.7 Å². The van der Waals surface area contributed by atoms with Crippen molar-refractivity contribution < 1.29 is 0 Å². The molecule has 6 aromatic heterocycles. The van der Waals surface area contributed by atoms with Crippen LogP contribution in [0.5, 0.6) is 0 Å². The number of fused-ring (bicyclic) bond motifs is 13. The summed E-state index contributed by atoms with van der Waals surface area (Å²) in [5, 5.41) is 5.16. The van der Waals surface area contributed by atoms with E-state index in [4.69, 9.17) is 20.1 Å². The third kappa shape index (κ3) is 4.66. The van der Waals surface area contributed by atoms with Crippen LogP contribution in [0.4, 0.5) is 0 Å². The van der Waals surface area contributed by atoms with Gasteiger partial charge in [0.25, 0.3) is 0 Å². The van der Waals surface area contributed by atoms with E-state index in [-0.39, 0.29) is 16.2 Å². The number of imidazole rings is 4. The summed E-state index contributed by atoms with van der Waals surface area (Å²) in [5.74, 6) is 2.52. The molecule has 1 aliphatic rings. The Morgan fingerprint density at radius 3 is 1.85 bits per heavy atom. The SMILES string of the molecule is Cc1cccc2c1nc1n(-c3ccc4c(c3)-n3ncc(-c5ccccc5)c3C(C)(C)C4(C)C)c3cc4c(cc3n21)n1c2cccc(C)c2nc1n4-c1cc(C(C)(C)C)ccn1. The molecular weight excluding hydrogens is 751 g/mol. The molecule has 9 heteroatoms. The van der Waals surface area contributed by atoms with Crippen molar-refractivity contribution in [1.29, 1.82) is 0 Å². The van der Waals surface area contributed by atoms with Gasteiger partial charge in [-0.15, -0.1) is 0 Å². The van der Waals surface area contributed by atoms with E-state index in [1.807, 2.05) is 12.4 Å². The first-order valence-electron chi connectivity index (χ1n) is 21.2. The van der Waals surface area contributed by atoms with Crippen LogP contribution >= 0.6 is 0 Å². The number of hydrogen-bond acceptors (Lipinski definition) is 4. The highest BCUT2D eigenvalue weighted by atomic mass is 15.3. The molecule has 0 radical (unpaired) electrons. The number of pyridine rings is 1. The number of rotatable bonds is 3. The monoisotopic (exact) mass is 797 g/mol. The number of nitrogens with zero attached hydrogens (tertiary/aromatic N) is 9. The van der Waals surface area contributed by atoms with Crippen LogP contribution < -0.4 is 0 Å². The number of hydrogen-bond donors (Lipinski definition) is 0. The van der Waals surface area contributed by atoms with Gasteiger partial charge in [-0.25, -0.2) is 19.6 Å². The fraction of sp³-hybridized carbons (Fsp3) is 0.231. The van der Waals surface area contributed by atoms with Crippen molar-refractivity contribution in [3.63, 3.8) is 0 Å². The second-order valence-electron chi connectivity index (χ2n) is 19.2. The summed E-state index contributed by atoms with van der Waals surface area (Å²) < 4.78 is 11.4. The molecule has 12 rings (SSSR count). The molecule has 1 aliphatic heterocycles. The molecule has 300 valence electrons. The third-order valence-electron chi connectivity index (χ3n) is 14.2. The third-order valence-corrected chi connectivity index (χ3v) is 14.2. The molecule has 0 spiro atoms. The Labute approximate surface area is 353 Å². The van der Waals surface area contributed by atoms with E-state index >= 15 is 0 Å². The minimum Gasteiger partial charge on any atom is -0.278 e. The molecule has 0 bridgehead atoms. The molecule has 0 atom stereocenters. The molecule has 11 aromatic rings. The standard InChI is InChI=1S/C52H47N9/c1-30-15-13-19-37-45(30)55-48-57(34-21-22-36-39(26-34)61-47(52(8,9)51(36,6)7)35(29-54-61)32-17-11-10-12-18-32)40-27-43-42(28-41(40)58(37)48)59-38-20-14-16-31(2)46(38)56-49(59)60(43)44-25-33(23-24-53-44)50(3,4)5/h10-29H,1-9H3. The van der Waals surface area contributed by atoms with Crippen LogP contribution in [-0.2, 0) is 16.2 Å². The Hall–Kier alpha value is -7.00. The lowest BCUT2D eigenvalue weighted by atomic mass is 9.59. The van der Waals surface area contributed by atoms with Gasteiger partial charge in [-0.3, -0.25) is 17.9 Å². The van der Waals surface area contributed by atoms with Crippen molar-refractivity contribution in [3.05, 3.63) is 150 Å². The van der Waals surface area contributed by atoms with Gasteiger partial charge in [0, 0.05) is 22.6 Å². The maximum Gasteiger partial charge on any atom is 0.221 e. The Kier molecular flexibility index (Phi) is 6.97. The lowest BCUT2D eigenvalue weighted by Crippen LogP contribution is -2.46. The topological polar surface area (TPSA) is 75.2 Å². The summed E-state index contributed by atoms with van der Waals surface area (Å²) in [4.78, 5) is 15.8. The van der Waals surface area contributed by atoms with Crippen molar-refractivity contribution >= 4 is 55.7 Å². The molecular formula is C52H47N9. The molecule has 9 nitrogen and oxygen atoms in total. The lowest BCUT2D eigenvalue weighted by Gasteiger charge is -2.47. The molecule has 5 aromatic carbocycles. The first-order chi connectivity index (χ1) is 29.2. The van der Waals surface area contributed by atoms with Crippen LogP contribution in [0, 0.1) is 13.8 Å². The second kappa shape index (κ2) is 11.8. The van der Waals surface area contributed by atoms with Gasteiger partial charge in [-0.05, 0) is 95.6 Å². The summed E-state index contributed by atoms with van der Waals surface area (Å²) in [5.41, 5.74) is 18.2. The summed E-state index contributed by atoms with van der Waals surface area (Å²) in [6.45, 7) is 20.5. The second-order valence-corrected chi connectivity index (χ2v) is 19.2. The summed E-state index contributed by atoms with van der Waals surface area (Å²) >= 11 is 0. The first kappa shape index (κ1) is 35.9. The van der Waals surface area contributed by atoms with Crippen LogP contribution in [0.25, 0.3) is 84.0 Å². The Balaban J connectivity index is 1.20. The number of benzene rings is 5. The van der Waals surface area contributed by atoms with Crippen molar-refractivity contribution in [2.24, 2.45) is 0 Å². The quantitative estimate of drug-likeness (QED) is 0.178. The van der Waals surface area contributed by atoms with Crippen LogP contribution in [0.15, 0.2) is 122 Å². The van der Waals surface area contributed by atoms with Crippen LogP contribution in [0.1, 0.15) is 76.4 Å². The average Bonchev–Trinajstić information content (AvgIpc) is 4.05. The highest BCUT2D eigenvalue weighted by Gasteiger charge is 2.48. The van der Waals surface area contributed by atoms with Gasteiger partial charge in [0.05, 0.1) is 67.4 Å². The van der Waals surface area contributed by atoms with E-state index in [2.05, 4.69) is 194 Å². The van der Waals surface area contributed by atoms with Gasteiger partial charge in [0.1, 0.15) is 5.82 Å². The normalized spacial score (nSPS) is 14.9. The maximum atomic E-state index is 5.45. The van der Waals surface area contributed by atoms with Crippen LogP contribution in [-0.4, -0.2) is 42.7 Å². The zero-order valence-electron chi connectivity index (χ0n) is 36.1. The molecule has 0 N–H and O–H groups in total. The van der Waals surface area contributed by atoms with Gasteiger partial charge >= 0.3 is 0 Å². The number of para-hydroxylation sites is 2. The van der Waals surface area contributed by atoms with Crippen LogP contribution in [0.2, 0.25) is 0 Å². The largest absolute Gasteiger partial charge is 0.278 e.